The number of likely N-dealkylation sites (tertiary alicyclic amines) is 1. The Morgan fingerprint density at radius 3 is 2.30 bits per heavy atom. The second-order valence-electron chi connectivity index (χ2n) is 8.71. The number of rotatable bonds is 6. The average Bonchev–Trinajstić information content (AvgIpc) is 3.18. The second kappa shape index (κ2) is 8.41. The first-order chi connectivity index (χ1) is 14.1. The van der Waals surface area contributed by atoms with Crippen molar-refractivity contribution in [2.45, 2.75) is 50.9 Å². The maximum Gasteiger partial charge on any atom is 0.414 e. The van der Waals surface area contributed by atoms with Crippen LogP contribution in [-0.4, -0.2) is 35.4 Å². The summed E-state index contributed by atoms with van der Waals surface area (Å²) < 4.78 is 40.8. The first-order valence-corrected chi connectivity index (χ1v) is 10.1. The van der Waals surface area contributed by atoms with E-state index in [0.717, 1.165) is 11.1 Å². The van der Waals surface area contributed by atoms with E-state index >= 15 is 0 Å². The molecule has 0 aromatic heterocycles. The van der Waals surface area contributed by atoms with Crippen molar-refractivity contribution in [2.75, 3.05) is 13.1 Å². The van der Waals surface area contributed by atoms with Gasteiger partial charge in [0.1, 0.15) is 0 Å². The Morgan fingerprint density at radius 2 is 1.73 bits per heavy atom. The van der Waals surface area contributed by atoms with Gasteiger partial charge in [-0.2, -0.15) is 18.4 Å². The van der Waals surface area contributed by atoms with Crippen LogP contribution in [0.1, 0.15) is 43.4 Å². The zero-order valence-electron chi connectivity index (χ0n) is 17.3. The zero-order chi connectivity index (χ0) is 22.0. The van der Waals surface area contributed by atoms with Crippen LogP contribution in [0.4, 0.5) is 13.2 Å². The van der Waals surface area contributed by atoms with E-state index in [-0.39, 0.29) is 19.4 Å². The Hall–Kier alpha value is -2.36. The summed E-state index contributed by atoms with van der Waals surface area (Å²) in [6.07, 6.45) is -6.13. The van der Waals surface area contributed by atoms with E-state index in [1.54, 1.807) is 24.3 Å². The van der Waals surface area contributed by atoms with Gasteiger partial charge in [0.25, 0.3) is 0 Å². The van der Waals surface area contributed by atoms with Gasteiger partial charge < -0.3 is 5.11 Å². The summed E-state index contributed by atoms with van der Waals surface area (Å²) in [5.41, 5.74) is 0.708. The van der Waals surface area contributed by atoms with Crippen molar-refractivity contribution in [3.05, 3.63) is 71.3 Å². The van der Waals surface area contributed by atoms with E-state index in [4.69, 9.17) is 5.26 Å². The van der Waals surface area contributed by atoms with Gasteiger partial charge in [-0.25, -0.2) is 0 Å². The van der Waals surface area contributed by atoms with Gasteiger partial charge in [0.15, 0.2) is 6.10 Å². The van der Waals surface area contributed by atoms with Crippen molar-refractivity contribution < 1.29 is 18.3 Å². The molecule has 3 rings (SSSR count). The van der Waals surface area contributed by atoms with Crippen LogP contribution in [0.25, 0.3) is 0 Å². The van der Waals surface area contributed by atoms with Crippen LogP contribution in [-0.2, 0) is 12.0 Å². The summed E-state index contributed by atoms with van der Waals surface area (Å²) in [7, 11) is 0. The molecule has 2 aromatic rings. The van der Waals surface area contributed by atoms with Gasteiger partial charge in [-0.15, -0.1) is 0 Å². The van der Waals surface area contributed by atoms with Crippen molar-refractivity contribution >= 4 is 0 Å². The third-order valence-corrected chi connectivity index (χ3v) is 6.54. The van der Waals surface area contributed by atoms with Crippen molar-refractivity contribution in [3.63, 3.8) is 0 Å². The van der Waals surface area contributed by atoms with Crippen LogP contribution in [0, 0.1) is 16.7 Å². The number of hydrogen-bond acceptors (Lipinski definition) is 3. The Bertz CT molecular complexity index is 887. The zero-order valence-corrected chi connectivity index (χ0v) is 17.3. The molecule has 2 atom stereocenters. The summed E-state index contributed by atoms with van der Waals surface area (Å²) in [5.74, 6) is 0. The molecule has 0 spiro atoms. The minimum Gasteiger partial charge on any atom is -0.383 e. The predicted molar refractivity (Wildman–Crippen MR) is 110 cm³/mol. The lowest BCUT2D eigenvalue weighted by atomic mass is 9.75. The molecule has 0 saturated carbocycles. The molecule has 0 radical (unpaired) electrons. The second-order valence-corrected chi connectivity index (χ2v) is 8.71. The molecule has 1 saturated heterocycles. The van der Waals surface area contributed by atoms with E-state index in [2.05, 4.69) is 4.90 Å². The summed E-state index contributed by atoms with van der Waals surface area (Å²) in [6.45, 7) is 4.69. The van der Waals surface area contributed by atoms with Crippen LogP contribution >= 0.6 is 0 Å². The third kappa shape index (κ3) is 4.53. The molecule has 0 bridgehead atoms. The maximum absolute atomic E-state index is 13.6. The number of aliphatic hydroxyl groups is 1. The highest BCUT2D eigenvalue weighted by Gasteiger charge is 2.56. The standard InChI is InChI=1S/C24H27F3N2O/c1-22(2,20-6-4-3-5-7-20)29-15-14-23(17-29,21(30)24(25,26)27)13-12-18-8-10-19(16-28)11-9-18/h3-11,21,30H,12-15,17H2,1-2H3/t21-,23+/m1/s1. The lowest BCUT2D eigenvalue weighted by molar-refractivity contribution is -0.239. The van der Waals surface area contributed by atoms with Crippen LogP contribution in [0.3, 0.4) is 0 Å². The maximum atomic E-state index is 13.6. The molecule has 160 valence electrons. The van der Waals surface area contributed by atoms with E-state index in [1.165, 1.54) is 0 Å². The fraction of sp³-hybridized carbons (Fsp3) is 0.458. The first kappa shape index (κ1) is 22.3. The number of aryl methyl sites for hydroxylation is 1. The van der Waals surface area contributed by atoms with Gasteiger partial charge in [0.05, 0.1) is 11.6 Å². The van der Waals surface area contributed by atoms with Crippen LogP contribution in [0.5, 0.6) is 0 Å². The molecule has 2 aromatic carbocycles. The molecule has 30 heavy (non-hydrogen) atoms. The summed E-state index contributed by atoms with van der Waals surface area (Å²) in [6, 6.07) is 18.7. The van der Waals surface area contributed by atoms with Gasteiger partial charge in [-0.3, -0.25) is 4.90 Å². The Labute approximate surface area is 175 Å². The molecular formula is C24H27F3N2O. The smallest absolute Gasteiger partial charge is 0.383 e. The molecule has 0 aliphatic carbocycles. The number of alkyl halides is 3. The molecular weight excluding hydrogens is 389 g/mol. The van der Waals surface area contributed by atoms with Crippen LogP contribution in [0.15, 0.2) is 54.6 Å². The van der Waals surface area contributed by atoms with Gasteiger partial charge in [-0.1, -0.05) is 42.5 Å². The van der Waals surface area contributed by atoms with E-state index < -0.39 is 23.2 Å². The Kier molecular flexibility index (Phi) is 6.26. The number of benzene rings is 2. The van der Waals surface area contributed by atoms with Gasteiger partial charge in [0.2, 0.25) is 0 Å². The first-order valence-electron chi connectivity index (χ1n) is 10.1. The predicted octanol–water partition coefficient (Wildman–Crippen LogP) is 5.04. The average molecular weight is 416 g/mol. The quantitative estimate of drug-likeness (QED) is 0.718. The lowest BCUT2D eigenvalue weighted by Crippen LogP contribution is -2.49. The number of aliphatic hydroxyl groups excluding tert-OH is 1. The largest absolute Gasteiger partial charge is 0.414 e. The van der Waals surface area contributed by atoms with Gasteiger partial charge in [-0.05, 0) is 62.9 Å². The molecule has 6 heteroatoms. The monoisotopic (exact) mass is 416 g/mol. The normalized spacial score (nSPS) is 21.4. The number of nitrogens with zero attached hydrogens (tertiary/aromatic N) is 2. The molecule has 3 nitrogen and oxygen atoms in total. The van der Waals surface area contributed by atoms with Gasteiger partial charge >= 0.3 is 6.18 Å². The summed E-state index contributed by atoms with van der Waals surface area (Å²) in [5, 5.41) is 19.3. The van der Waals surface area contributed by atoms with E-state index in [1.807, 2.05) is 50.2 Å². The number of nitriles is 1. The highest BCUT2D eigenvalue weighted by atomic mass is 19.4. The van der Waals surface area contributed by atoms with Crippen LogP contribution < -0.4 is 0 Å². The SMILES string of the molecule is CC(C)(c1ccccc1)N1CC[C@](CCc2ccc(C#N)cc2)([C@@H](O)C(F)(F)F)C1. The third-order valence-electron chi connectivity index (χ3n) is 6.54. The molecule has 1 aliphatic heterocycles. The lowest BCUT2D eigenvalue weighted by Gasteiger charge is -2.40. The van der Waals surface area contributed by atoms with Crippen LogP contribution in [0.2, 0.25) is 0 Å². The Balaban J connectivity index is 1.83. The molecule has 1 fully saturated rings. The topological polar surface area (TPSA) is 47.3 Å². The van der Waals surface area contributed by atoms with Crippen molar-refractivity contribution in [1.82, 2.24) is 4.90 Å². The Morgan fingerprint density at radius 1 is 1.10 bits per heavy atom. The fourth-order valence-electron chi connectivity index (χ4n) is 4.45. The molecule has 0 unspecified atom stereocenters. The minimum atomic E-state index is -4.67. The summed E-state index contributed by atoms with van der Waals surface area (Å²) >= 11 is 0. The highest BCUT2D eigenvalue weighted by Crippen LogP contribution is 2.47. The van der Waals surface area contributed by atoms with Gasteiger partial charge in [0, 0.05) is 17.5 Å². The van der Waals surface area contributed by atoms with Crippen molar-refractivity contribution in [3.8, 4) is 6.07 Å². The molecule has 1 N–H and O–H groups in total. The van der Waals surface area contributed by atoms with E-state index in [9.17, 15) is 18.3 Å². The van der Waals surface area contributed by atoms with Crippen molar-refractivity contribution in [1.29, 1.82) is 5.26 Å². The number of halogens is 3. The van der Waals surface area contributed by atoms with Crippen molar-refractivity contribution in [2.24, 2.45) is 5.41 Å². The molecule has 1 heterocycles. The summed E-state index contributed by atoms with van der Waals surface area (Å²) in [4.78, 5) is 2.05. The fourth-order valence-corrected chi connectivity index (χ4v) is 4.45. The molecule has 0 amide bonds. The highest BCUT2D eigenvalue weighted by molar-refractivity contribution is 5.31. The molecule has 1 aliphatic rings. The minimum absolute atomic E-state index is 0.172. The number of hydrogen-bond donors (Lipinski definition) is 1. The van der Waals surface area contributed by atoms with E-state index in [0.29, 0.717) is 18.5 Å².